The van der Waals surface area contributed by atoms with Crippen LogP contribution in [0, 0.1) is 11.8 Å². The summed E-state index contributed by atoms with van der Waals surface area (Å²) in [7, 11) is 3.35. The molecule has 1 aliphatic rings. The van der Waals surface area contributed by atoms with Crippen LogP contribution in [0.2, 0.25) is 0 Å². The molecule has 1 aliphatic heterocycles. The number of nitrogens with two attached hydrogens (primary N) is 1. The van der Waals surface area contributed by atoms with E-state index in [0.717, 1.165) is 5.56 Å². The molecule has 0 saturated carbocycles. The van der Waals surface area contributed by atoms with Crippen molar-refractivity contribution in [2.24, 2.45) is 5.73 Å². The zero-order valence-electron chi connectivity index (χ0n) is 20.7. The highest BCUT2D eigenvalue weighted by Gasteiger charge is 2.42. The lowest BCUT2D eigenvalue weighted by molar-refractivity contribution is -0.137. The van der Waals surface area contributed by atoms with Crippen LogP contribution < -0.4 is 11.1 Å². The van der Waals surface area contributed by atoms with Crippen LogP contribution in [-0.2, 0) is 16.1 Å². The van der Waals surface area contributed by atoms with Crippen LogP contribution in [0.4, 0.5) is 5.82 Å². The third-order valence-electron chi connectivity index (χ3n) is 6.21. The molecule has 3 amide bonds. The van der Waals surface area contributed by atoms with Gasteiger partial charge in [0.05, 0.1) is 5.52 Å². The Balaban J connectivity index is 1.49. The van der Waals surface area contributed by atoms with E-state index < -0.39 is 17.4 Å². The molecule has 0 bridgehead atoms. The number of carbonyl (C=O) groups is 3. The second-order valence-electron chi connectivity index (χ2n) is 9.07. The van der Waals surface area contributed by atoms with E-state index in [2.05, 4.69) is 32.3 Å². The lowest BCUT2D eigenvalue weighted by Crippen LogP contribution is -2.37. The predicted molar refractivity (Wildman–Crippen MR) is 137 cm³/mol. The molecule has 1 fully saturated rings. The Labute approximate surface area is 214 Å². The Bertz CT molecular complexity index is 1410. The molecule has 0 unspecified atom stereocenters. The molecule has 3 aromatic rings. The van der Waals surface area contributed by atoms with Crippen molar-refractivity contribution in [1.29, 1.82) is 0 Å². The molecule has 37 heavy (non-hydrogen) atoms. The second kappa shape index (κ2) is 10.8. The van der Waals surface area contributed by atoms with E-state index >= 15 is 0 Å². The number of benzene rings is 1. The largest absolute Gasteiger partial charge is 0.369 e. The van der Waals surface area contributed by atoms with Crippen molar-refractivity contribution < 1.29 is 19.5 Å². The maximum absolute atomic E-state index is 13.0. The number of amides is 3. The molecule has 5 N–H and O–H groups in total. The molecule has 3 heterocycles. The molecule has 11 nitrogen and oxygen atoms in total. The summed E-state index contributed by atoms with van der Waals surface area (Å²) >= 11 is 0. The molecule has 1 saturated heterocycles. The minimum Gasteiger partial charge on any atom is -0.369 e. The number of nitrogens with zero attached hydrogens (tertiary/aromatic N) is 4. The summed E-state index contributed by atoms with van der Waals surface area (Å²) in [4.78, 5) is 44.6. The molecule has 2 aromatic heterocycles. The number of fused-ring (bicyclic) bond motifs is 1. The number of likely N-dealkylation sites (tertiary alicyclic amines) is 1. The van der Waals surface area contributed by atoms with E-state index in [1.165, 1.54) is 11.1 Å². The first-order valence-electron chi connectivity index (χ1n) is 11.9. The van der Waals surface area contributed by atoms with Crippen molar-refractivity contribution in [3.05, 3.63) is 53.3 Å². The summed E-state index contributed by atoms with van der Waals surface area (Å²) in [5, 5.41) is 20.8. The van der Waals surface area contributed by atoms with Crippen molar-refractivity contribution in [1.82, 2.24) is 25.0 Å². The number of carbonyl (C=O) groups excluding carboxylic acids is 3. The number of hydrogen-bond acceptors (Lipinski definition) is 7. The third kappa shape index (κ3) is 5.77. The Morgan fingerprint density at radius 3 is 2.86 bits per heavy atom. The van der Waals surface area contributed by atoms with E-state index in [0.29, 0.717) is 48.9 Å². The van der Waals surface area contributed by atoms with Gasteiger partial charge in [0.2, 0.25) is 11.5 Å². The van der Waals surface area contributed by atoms with Gasteiger partial charge >= 0.3 is 0 Å². The highest BCUT2D eigenvalue weighted by molar-refractivity contribution is 6.10. The molecule has 1 atom stereocenters. The number of rotatable bonds is 7. The first kappa shape index (κ1) is 25.8. The smallest absolute Gasteiger partial charge is 0.277 e. The molecule has 4 rings (SSSR count). The lowest BCUT2D eigenvalue weighted by Gasteiger charge is -2.17. The highest BCUT2D eigenvalue weighted by Crippen LogP contribution is 2.22. The van der Waals surface area contributed by atoms with Gasteiger partial charge in [-0.25, -0.2) is 4.98 Å². The van der Waals surface area contributed by atoms with Gasteiger partial charge in [0.25, 0.3) is 11.8 Å². The molecule has 0 spiro atoms. The predicted octanol–water partition coefficient (Wildman–Crippen LogP) is 0.852. The van der Waals surface area contributed by atoms with Crippen LogP contribution in [0.5, 0.6) is 0 Å². The molecule has 192 valence electrons. The SMILES string of the molecule is CN(Cc1ccc2[nH]nc(C(=O)Nc3cc(C#C[C@]4(O)CCN(C)C4=O)ccn3)c2c1)C(=O)CCCN. The summed E-state index contributed by atoms with van der Waals surface area (Å²) < 4.78 is 0. The maximum atomic E-state index is 13.0. The monoisotopic (exact) mass is 503 g/mol. The van der Waals surface area contributed by atoms with Gasteiger partial charge < -0.3 is 26.0 Å². The van der Waals surface area contributed by atoms with Gasteiger partial charge in [0.15, 0.2) is 5.69 Å². The first-order valence-corrected chi connectivity index (χ1v) is 11.9. The van der Waals surface area contributed by atoms with Gasteiger partial charge in [0.1, 0.15) is 5.82 Å². The van der Waals surface area contributed by atoms with Gasteiger partial charge in [-0.2, -0.15) is 5.10 Å². The number of pyridine rings is 1. The Hall–Kier alpha value is -4.27. The standard InChI is InChI=1S/C26H29N7O4/c1-32-13-10-26(37,25(32)36)9-7-17-8-12-28-21(15-17)29-24(35)23-19-14-18(5-6-20(19)30-31-23)16-33(2)22(34)4-3-11-27/h5-6,8,12,14-15,37H,3-4,10-11,13,16,27H2,1-2H3,(H,30,31)(H,28,29,35)/t26-/m0/s1. The Morgan fingerprint density at radius 2 is 2.14 bits per heavy atom. The van der Waals surface area contributed by atoms with E-state index in [-0.39, 0.29) is 23.8 Å². The fourth-order valence-electron chi connectivity index (χ4n) is 4.04. The van der Waals surface area contributed by atoms with Crippen LogP contribution in [0.1, 0.15) is 40.9 Å². The fourth-order valence-corrected chi connectivity index (χ4v) is 4.04. The molecular weight excluding hydrogens is 474 g/mol. The number of nitrogens with one attached hydrogen (secondary N) is 2. The van der Waals surface area contributed by atoms with E-state index in [4.69, 9.17) is 5.73 Å². The van der Waals surface area contributed by atoms with Crippen LogP contribution in [-0.4, -0.2) is 80.6 Å². The summed E-state index contributed by atoms with van der Waals surface area (Å²) in [6.07, 6.45) is 2.73. The van der Waals surface area contributed by atoms with Crippen molar-refractivity contribution >= 4 is 34.4 Å². The minimum atomic E-state index is -1.71. The van der Waals surface area contributed by atoms with Gasteiger partial charge in [-0.1, -0.05) is 17.9 Å². The number of anilines is 1. The van der Waals surface area contributed by atoms with Crippen molar-refractivity contribution in [3.8, 4) is 11.8 Å². The maximum Gasteiger partial charge on any atom is 0.277 e. The fraction of sp³-hybridized carbons (Fsp3) is 0.346. The number of likely N-dealkylation sites (N-methyl/N-ethyl adjacent to an activating group) is 1. The minimum absolute atomic E-state index is 0.00111. The quantitative estimate of drug-likeness (QED) is 0.348. The van der Waals surface area contributed by atoms with Crippen LogP contribution >= 0.6 is 0 Å². The van der Waals surface area contributed by atoms with Crippen molar-refractivity contribution in [3.63, 3.8) is 0 Å². The topological polar surface area (TPSA) is 158 Å². The first-order chi connectivity index (χ1) is 17.7. The average Bonchev–Trinajstić information content (AvgIpc) is 3.42. The number of aromatic nitrogens is 3. The zero-order valence-corrected chi connectivity index (χ0v) is 20.7. The van der Waals surface area contributed by atoms with Crippen molar-refractivity contribution in [2.45, 2.75) is 31.4 Å². The third-order valence-corrected chi connectivity index (χ3v) is 6.21. The van der Waals surface area contributed by atoms with Crippen molar-refractivity contribution in [2.75, 3.05) is 32.5 Å². The Kier molecular flexibility index (Phi) is 7.52. The summed E-state index contributed by atoms with van der Waals surface area (Å²) in [5.74, 6) is 4.80. The second-order valence-corrected chi connectivity index (χ2v) is 9.07. The molecule has 0 aliphatic carbocycles. The average molecular weight is 504 g/mol. The van der Waals surface area contributed by atoms with Gasteiger partial charge in [-0.3, -0.25) is 19.5 Å². The van der Waals surface area contributed by atoms with Crippen LogP contribution in [0.25, 0.3) is 10.9 Å². The highest BCUT2D eigenvalue weighted by atomic mass is 16.3. The summed E-state index contributed by atoms with van der Waals surface area (Å²) in [5.41, 5.74) is 5.98. The molecular formula is C26H29N7O4. The van der Waals surface area contributed by atoms with Gasteiger partial charge in [0, 0.05) is 57.2 Å². The molecule has 0 radical (unpaired) electrons. The summed E-state index contributed by atoms with van der Waals surface area (Å²) in [6, 6.07) is 8.69. The lowest BCUT2D eigenvalue weighted by atomic mass is 10.0. The molecule has 1 aromatic carbocycles. The van der Waals surface area contributed by atoms with E-state index in [1.807, 2.05) is 18.2 Å². The van der Waals surface area contributed by atoms with Gasteiger partial charge in [-0.15, -0.1) is 0 Å². The number of aromatic amines is 1. The van der Waals surface area contributed by atoms with Crippen LogP contribution in [0.15, 0.2) is 36.5 Å². The van der Waals surface area contributed by atoms with Crippen LogP contribution in [0.3, 0.4) is 0 Å². The van der Waals surface area contributed by atoms with E-state index in [1.54, 1.807) is 31.1 Å². The Morgan fingerprint density at radius 1 is 1.32 bits per heavy atom. The van der Waals surface area contributed by atoms with E-state index in [9.17, 15) is 19.5 Å². The normalized spacial score (nSPS) is 17.0. The number of H-pyrrole nitrogens is 1. The number of aliphatic hydroxyl groups is 1. The zero-order chi connectivity index (χ0) is 26.6. The number of hydrogen-bond donors (Lipinski definition) is 4. The van der Waals surface area contributed by atoms with Gasteiger partial charge in [-0.05, 0) is 42.8 Å². The summed E-state index contributed by atoms with van der Waals surface area (Å²) in [6.45, 7) is 1.28. The molecule has 11 heteroatoms.